The number of carbonyl (C=O) groups excluding carboxylic acids is 3. The summed E-state index contributed by atoms with van der Waals surface area (Å²) in [6.45, 7) is 0. The molecule has 0 aromatic heterocycles. The Morgan fingerprint density at radius 2 is 1.76 bits per heavy atom. The van der Waals surface area contributed by atoms with Crippen molar-refractivity contribution in [1.29, 1.82) is 0 Å². The first-order chi connectivity index (χ1) is 9.86. The number of barbiturate groups is 1. The van der Waals surface area contributed by atoms with Crippen LogP contribution in [0.2, 0.25) is 0 Å². The highest BCUT2D eigenvalue weighted by Gasteiger charge is 2.58. The zero-order chi connectivity index (χ0) is 15.4. The molecule has 0 bridgehead atoms. The van der Waals surface area contributed by atoms with Gasteiger partial charge in [0.1, 0.15) is 11.2 Å². The van der Waals surface area contributed by atoms with E-state index in [0.29, 0.717) is 23.5 Å². The predicted octanol–water partition coefficient (Wildman–Crippen LogP) is 1.86. The van der Waals surface area contributed by atoms with Gasteiger partial charge in [0.05, 0.1) is 5.69 Å². The number of nitrogens with zero attached hydrogens (tertiary/aromatic N) is 1. The second kappa shape index (κ2) is 4.31. The van der Waals surface area contributed by atoms with E-state index in [4.69, 9.17) is 0 Å². The molecule has 1 aliphatic carbocycles. The van der Waals surface area contributed by atoms with Gasteiger partial charge in [0, 0.05) is 12.1 Å². The summed E-state index contributed by atoms with van der Waals surface area (Å²) in [6, 6.07) is -0.376. The number of nitrogens with one attached hydrogen (secondary N) is 1. The number of carbonyl (C=O) groups is 3. The summed E-state index contributed by atoms with van der Waals surface area (Å²) in [7, 11) is 0. The lowest BCUT2D eigenvalue weighted by molar-refractivity contribution is -0.148. The number of anilines is 1. The molecule has 1 aromatic carbocycles. The van der Waals surface area contributed by atoms with Crippen LogP contribution in [-0.2, 0) is 9.59 Å². The molecular weight excluding hydrogens is 289 g/mol. The maximum Gasteiger partial charge on any atom is 0.335 e. The van der Waals surface area contributed by atoms with Crippen molar-refractivity contribution in [1.82, 2.24) is 5.32 Å². The van der Waals surface area contributed by atoms with Crippen molar-refractivity contribution in [2.45, 2.75) is 19.3 Å². The summed E-state index contributed by atoms with van der Waals surface area (Å²) < 4.78 is 40.3. The molecule has 1 aliphatic heterocycles. The number of urea groups is 1. The van der Waals surface area contributed by atoms with Crippen molar-refractivity contribution in [3.05, 3.63) is 29.6 Å². The van der Waals surface area contributed by atoms with Crippen LogP contribution in [0.4, 0.5) is 23.7 Å². The number of amides is 4. The monoisotopic (exact) mass is 298 g/mol. The largest absolute Gasteiger partial charge is 0.335 e. The Hall–Kier alpha value is -2.38. The number of imide groups is 2. The standard InChI is InChI=1S/C13H9F3N2O3/c14-6-4-7(15)9(16)8(5-6)18-11(20)13(2-1-3-13)10(19)17-12(18)21/h4-5H,1-3H2,(H,17,19,21). The van der Waals surface area contributed by atoms with E-state index in [1.807, 2.05) is 5.32 Å². The van der Waals surface area contributed by atoms with Crippen LogP contribution in [0.15, 0.2) is 12.1 Å². The van der Waals surface area contributed by atoms with Crippen LogP contribution in [-0.4, -0.2) is 17.8 Å². The Balaban J connectivity index is 2.11. The first kappa shape index (κ1) is 13.6. The van der Waals surface area contributed by atoms with Gasteiger partial charge in [-0.2, -0.15) is 0 Å². The van der Waals surface area contributed by atoms with Gasteiger partial charge in [-0.05, 0) is 12.8 Å². The summed E-state index contributed by atoms with van der Waals surface area (Å²) in [5, 5.41) is 1.93. The molecule has 0 unspecified atom stereocenters. The highest BCUT2D eigenvalue weighted by atomic mass is 19.2. The van der Waals surface area contributed by atoms with Crippen molar-refractivity contribution in [3.63, 3.8) is 0 Å². The molecule has 5 nitrogen and oxygen atoms in total. The summed E-state index contributed by atoms with van der Waals surface area (Å²) in [6.07, 6.45) is 1.02. The molecule has 3 rings (SSSR count). The molecule has 8 heteroatoms. The molecule has 4 amide bonds. The highest BCUT2D eigenvalue weighted by molar-refractivity contribution is 6.30. The molecule has 1 heterocycles. The topological polar surface area (TPSA) is 66.5 Å². The number of hydrogen-bond acceptors (Lipinski definition) is 3. The smallest absolute Gasteiger partial charge is 0.276 e. The Bertz CT molecular complexity index is 685. The molecule has 2 aliphatic rings. The van der Waals surface area contributed by atoms with Gasteiger partial charge in [0.2, 0.25) is 5.91 Å². The van der Waals surface area contributed by atoms with E-state index in [1.54, 1.807) is 0 Å². The van der Waals surface area contributed by atoms with E-state index in [-0.39, 0.29) is 12.8 Å². The average molecular weight is 298 g/mol. The van der Waals surface area contributed by atoms with Crippen LogP contribution in [0.5, 0.6) is 0 Å². The molecule has 0 atom stereocenters. The average Bonchev–Trinajstić information content (AvgIpc) is 2.32. The molecule has 21 heavy (non-hydrogen) atoms. The van der Waals surface area contributed by atoms with Crippen LogP contribution in [0.3, 0.4) is 0 Å². The van der Waals surface area contributed by atoms with Gasteiger partial charge in [-0.3, -0.25) is 14.9 Å². The number of hydrogen-bond donors (Lipinski definition) is 1. The summed E-state index contributed by atoms with van der Waals surface area (Å²) in [5.74, 6) is -5.89. The lowest BCUT2D eigenvalue weighted by Crippen LogP contribution is -2.66. The lowest BCUT2D eigenvalue weighted by atomic mass is 9.66. The molecule has 1 N–H and O–H groups in total. The summed E-state index contributed by atoms with van der Waals surface area (Å²) >= 11 is 0. The molecule has 1 saturated heterocycles. The number of halogens is 3. The quantitative estimate of drug-likeness (QED) is 0.635. The van der Waals surface area contributed by atoms with Gasteiger partial charge in [-0.1, -0.05) is 6.42 Å². The van der Waals surface area contributed by atoms with E-state index < -0.39 is 46.4 Å². The fourth-order valence-electron chi connectivity index (χ4n) is 2.57. The second-order valence-corrected chi connectivity index (χ2v) is 5.06. The summed E-state index contributed by atoms with van der Waals surface area (Å²) in [4.78, 5) is 36.2. The third-order valence-corrected chi connectivity index (χ3v) is 3.89. The first-order valence-electron chi connectivity index (χ1n) is 6.21. The maximum atomic E-state index is 13.8. The van der Waals surface area contributed by atoms with Gasteiger partial charge in [-0.15, -0.1) is 0 Å². The third kappa shape index (κ3) is 1.75. The minimum Gasteiger partial charge on any atom is -0.276 e. The van der Waals surface area contributed by atoms with Crippen LogP contribution in [0.25, 0.3) is 0 Å². The van der Waals surface area contributed by atoms with Crippen molar-refractivity contribution in [3.8, 4) is 0 Å². The molecular formula is C13H9F3N2O3. The highest BCUT2D eigenvalue weighted by Crippen LogP contribution is 2.45. The Morgan fingerprint density at radius 3 is 2.33 bits per heavy atom. The first-order valence-corrected chi connectivity index (χ1v) is 6.21. The van der Waals surface area contributed by atoms with Crippen molar-refractivity contribution in [2.75, 3.05) is 4.90 Å². The SMILES string of the molecule is O=C1NC(=O)C2(CCC2)C(=O)N1c1cc(F)cc(F)c1F. The van der Waals surface area contributed by atoms with E-state index in [2.05, 4.69) is 0 Å². The number of benzene rings is 1. The fraction of sp³-hybridized carbons (Fsp3) is 0.308. The number of rotatable bonds is 1. The van der Waals surface area contributed by atoms with Gasteiger partial charge < -0.3 is 0 Å². The van der Waals surface area contributed by atoms with Gasteiger partial charge in [-0.25, -0.2) is 22.9 Å². The third-order valence-electron chi connectivity index (χ3n) is 3.89. The molecule has 1 saturated carbocycles. The minimum absolute atomic E-state index is 0.209. The maximum absolute atomic E-state index is 13.8. The van der Waals surface area contributed by atoms with Crippen molar-refractivity contribution >= 4 is 23.5 Å². The minimum atomic E-state index is -1.52. The van der Waals surface area contributed by atoms with Gasteiger partial charge >= 0.3 is 6.03 Å². The Morgan fingerprint density at radius 1 is 1.10 bits per heavy atom. The Labute approximate surface area is 116 Å². The Kier molecular flexibility index (Phi) is 2.79. The van der Waals surface area contributed by atoms with Crippen LogP contribution >= 0.6 is 0 Å². The molecule has 1 aromatic rings. The zero-order valence-electron chi connectivity index (χ0n) is 10.6. The van der Waals surface area contributed by atoms with E-state index in [0.717, 1.165) is 0 Å². The van der Waals surface area contributed by atoms with E-state index in [1.165, 1.54) is 0 Å². The van der Waals surface area contributed by atoms with Crippen LogP contribution < -0.4 is 10.2 Å². The van der Waals surface area contributed by atoms with E-state index >= 15 is 0 Å². The van der Waals surface area contributed by atoms with Gasteiger partial charge in [0.25, 0.3) is 5.91 Å². The zero-order valence-corrected chi connectivity index (χ0v) is 10.6. The lowest BCUT2D eigenvalue weighted by Gasteiger charge is -2.44. The van der Waals surface area contributed by atoms with Gasteiger partial charge in [0.15, 0.2) is 11.6 Å². The fourth-order valence-corrected chi connectivity index (χ4v) is 2.57. The second-order valence-electron chi connectivity index (χ2n) is 5.06. The molecule has 0 radical (unpaired) electrons. The normalized spacial score (nSPS) is 20.5. The van der Waals surface area contributed by atoms with Crippen LogP contribution in [0, 0.1) is 22.9 Å². The molecule has 110 valence electrons. The van der Waals surface area contributed by atoms with Crippen molar-refractivity contribution in [2.24, 2.45) is 5.41 Å². The molecule has 1 spiro atoms. The van der Waals surface area contributed by atoms with E-state index in [9.17, 15) is 27.6 Å². The molecule has 2 fully saturated rings. The van der Waals surface area contributed by atoms with Crippen LogP contribution in [0.1, 0.15) is 19.3 Å². The van der Waals surface area contributed by atoms with Crippen molar-refractivity contribution < 1.29 is 27.6 Å². The summed E-state index contributed by atoms with van der Waals surface area (Å²) in [5.41, 5.74) is -2.28. The predicted molar refractivity (Wildman–Crippen MR) is 63.6 cm³/mol.